The second kappa shape index (κ2) is 7.39. The van der Waals surface area contributed by atoms with Gasteiger partial charge in [0.1, 0.15) is 5.82 Å². The van der Waals surface area contributed by atoms with Crippen molar-refractivity contribution in [2.24, 2.45) is 0 Å². The summed E-state index contributed by atoms with van der Waals surface area (Å²) in [6.07, 6.45) is 0.850. The van der Waals surface area contributed by atoms with E-state index in [4.69, 9.17) is 11.6 Å². The molecule has 21 heavy (non-hydrogen) atoms. The van der Waals surface area contributed by atoms with Crippen LogP contribution < -0.4 is 5.32 Å². The third-order valence-electron chi connectivity index (χ3n) is 3.39. The molecule has 0 radical (unpaired) electrons. The summed E-state index contributed by atoms with van der Waals surface area (Å²) in [6.45, 7) is 4.06. The highest BCUT2D eigenvalue weighted by Crippen LogP contribution is 2.22. The summed E-state index contributed by atoms with van der Waals surface area (Å²) in [6, 6.07) is 13.2. The predicted molar refractivity (Wildman–Crippen MR) is 90.3 cm³/mol. The molecule has 1 nitrogen and oxygen atoms in total. The van der Waals surface area contributed by atoms with Gasteiger partial charge in [0.15, 0.2) is 0 Å². The molecule has 2 aromatic carbocycles. The topological polar surface area (TPSA) is 12.0 Å². The van der Waals surface area contributed by atoms with Gasteiger partial charge < -0.3 is 5.32 Å². The Balaban J connectivity index is 2.00. The third kappa shape index (κ3) is 4.80. The molecule has 0 amide bonds. The zero-order valence-corrected chi connectivity index (χ0v) is 14.4. The fourth-order valence-electron chi connectivity index (χ4n) is 2.45. The molecule has 112 valence electrons. The first-order chi connectivity index (χ1) is 9.95. The molecule has 0 saturated carbocycles. The van der Waals surface area contributed by atoms with Crippen molar-refractivity contribution in [1.82, 2.24) is 5.32 Å². The van der Waals surface area contributed by atoms with Crippen molar-refractivity contribution in [3.8, 4) is 0 Å². The molecule has 0 fully saturated rings. The van der Waals surface area contributed by atoms with Crippen molar-refractivity contribution in [1.29, 1.82) is 0 Å². The lowest BCUT2D eigenvalue weighted by Crippen LogP contribution is -2.31. The van der Waals surface area contributed by atoms with Gasteiger partial charge in [0.25, 0.3) is 0 Å². The Morgan fingerprint density at radius 2 is 1.95 bits per heavy atom. The van der Waals surface area contributed by atoms with E-state index in [0.717, 1.165) is 15.9 Å². The van der Waals surface area contributed by atoms with E-state index < -0.39 is 0 Å². The second-order valence-electron chi connectivity index (χ2n) is 5.29. The zero-order chi connectivity index (χ0) is 15.4. The molecular formula is C17H18BrClFN. The second-order valence-corrected chi connectivity index (χ2v) is 6.64. The largest absolute Gasteiger partial charge is 0.307 e. The maximum Gasteiger partial charge on any atom is 0.129 e. The molecule has 2 rings (SSSR count). The molecule has 0 spiro atoms. The van der Waals surface area contributed by atoms with Gasteiger partial charge in [-0.05, 0) is 50.1 Å². The molecule has 0 aliphatic rings. The Morgan fingerprint density at radius 3 is 2.62 bits per heavy atom. The molecule has 0 bridgehead atoms. The molecular weight excluding hydrogens is 353 g/mol. The van der Waals surface area contributed by atoms with E-state index in [0.29, 0.717) is 5.56 Å². The first kappa shape index (κ1) is 16.5. The Kier molecular flexibility index (Phi) is 5.80. The minimum atomic E-state index is -0.195. The van der Waals surface area contributed by atoms with E-state index in [1.807, 2.05) is 37.3 Å². The van der Waals surface area contributed by atoms with E-state index in [1.54, 1.807) is 0 Å². The standard InChI is InChI=1S/C17H18BrClFN/c1-11(8-13-4-3-5-15(19)9-13)21-12(2)16-7-6-14(18)10-17(16)20/h3-7,9-12,21H,8H2,1-2H3. The molecule has 0 saturated heterocycles. The fourth-order valence-corrected chi connectivity index (χ4v) is 2.99. The van der Waals surface area contributed by atoms with Crippen molar-refractivity contribution in [2.45, 2.75) is 32.4 Å². The van der Waals surface area contributed by atoms with Crippen molar-refractivity contribution < 1.29 is 4.39 Å². The van der Waals surface area contributed by atoms with E-state index in [1.165, 1.54) is 11.6 Å². The summed E-state index contributed by atoms with van der Waals surface area (Å²) in [5, 5.41) is 4.17. The van der Waals surface area contributed by atoms with Crippen molar-refractivity contribution >= 4 is 27.5 Å². The first-order valence-electron chi connectivity index (χ1n) is 6.91. The SMILES string of the molecule is CC(Cc1cccc(Cl)c1)NC(C)c1ccc(Br)cc1F. The number of nitrogens with one attached hydrogen (secondary N) is 1. The number of rotatable bonds is 5. The molecule has 2 unspecified atom stereocenters. The summed E-state index contributed by atoms with van der Waals surface area (Å²) in [4.78, 5) is 0. The Hall–Kier alpha value is -0.900. The van der Waals surface area contributed by atoms with Crippen molar-refractivity contribution in [3.63, 3.8) is 0 Å². The van der Waals surface area contributed by atoms with Crippen LogP contribution in [0.3, 0.4) is 0 Å². The lowest BCUT2D eigenvalue weighted by molar-refractivity contribution is 0.460. The monoisotopic (exact) mass is 369 g/mol. The van der Waals surface area contributed by atoms with Gasteiger partial charge in [-0.25, -0.2) is 4.39 Å². The summed E-state index contributed by atoms with van der Waals surface area (Å²) in [5.74, 6) is -0.195. The Morgan fingerprint density at radius 1 is 1.19 bits per heavy atom. The lowest BCUT2D eigenvalue weighted by atomic mass is 10.0. The van der Waals surface area contributed by atoms with E-state index in [-0.39, 0.29) is 17.9 Å². The molecule has 2 atom stereocenters. The summed E-state index contributed by atoms with van der Waals surface area (Å²) >= 11 is 9.27. The number of benzene rings is 2. The fraction of sp³-hybridized carbons (Fsp3) is 0.294. The van der Waals surface area contributed by atoms with Crippen molar-refractivity contribution in [2.75, 3.05) is 0 Å². The highest BCUT2D eigenvalue weighted by Gasteiger charge is 2.14. The van der Waals surface area contributed by atoms with Crippen LogP contribution in [0.4, 0.5) is 4.39 Å². The van der Waals surface area contributed by atoms with Crippen LogP contribution in [-0.4, -0.2) is 6.04 Å². The van der Waals surface area contributed by atoms with Gasteiger partial charge in [0, 0.05) is 27.1 Å². The molecule has 0 aliphatic carbocycles. The van der Waals surface area contributed by atoms with Crippen LogP contribution in [0.15, 0.2) is 46.9 Å². The smallest absolute Gasteiger partial charge is 0.129 e. The minimum absolute atomic E-state index is 0.0488. The van der Waals surface area contributed by atoms with E-state index >= 15 is 0 Å². The maximum absolute atomic E-state index is 13.9. The van der Waals surface area contributed by atoms with Gasteiger partial charge in [0.05, 0.1) is 0 Å². The van der Waals surface area contributed by atoms with Crippen LogP contribution in [0.5, 0.6) is 0 Å². The maximum atomic E-state index is 13.9. The molecule has 0 heterocycles. The predicted octanol–water partition coefficient (Wildman–Crippen LogP) is 5.52. The van der Waals surface area contributed by atoms with Gasteiger partial charge in [-0.2, -0.15) is 0 Å². The lowest BCUT2D eigenvalue weighted by Gasteiger charge is -2.21. The summed E-state index contributed by atoms with van der Waals surface area (Å²) < 4.78 is 14.7. The Bertz CT molecular complexity index is 617. The van der Waals surface area contributed by atoms with Crippen LogP contribution in [0.1, 0.15) is 31.0 Å². The number of hydrogen-bond donors (Lipinski definition) is 1. The van der Waals surface area contributed by atoms with Crippen LogP contribution >= 0.6 is 27.5 Å². The Labute approximate surface area is 138 Å². The average molecular weight is 371 g/mol. The summed E-state index contributed by atoms with van der Waals surface area (Å²) in [5.41, 5.74) is 1.85. The zero-order valence-electron chi connectivity index (χ0n) is 12.0. The number of halogens is 3. The average Bonchev–Trinajstić information content (AvgIpc) is 2.38. The van der Waals surface area contributed by atoms with Gasteiger partial charge in [0.2, 0.25) is 0 Å². The van der Waals surface area contributed by atoms with E-state index in [2.05, 4.69) is 34.2 Å². The third-order valence-corrected chi connectivity index (χ3v) is 4.12. The quantitative estimate of drug-likeness (QED) is 0.730. The summed E-state index contributed by atoms with van der Waals surface area (Å²) in [7, 11) is 0. The van der Waals surface area contributed by atoms with Crippen LogP contribution in [-0.2, 0) is 6.42 Å². The molecule has 0 aromatic heterocycles. The minimum Gasteiger partial charge on any atom is -0.307 e. The van der Waals surface area contributed by atoms with Gasteiger partial charge in [-0.3, -0.25) is 0 Å². The normalized spacial score (nSPS) is 14.0. The van der Waals surface area contributed by atoms with Crippen LogP contribution in [0.2, 0.25) is 5.02 Å². The number of hydrogen-bond acceptors (Lipinski definition) is 1. The van der Waals surface area contributed by atoms with Crippen LogP contribution in [0.25, 0.3) is 0 Å². The first-order valence-corrected chi connectivity index (χ1v) is 8.08. The van der Waals surface area contributed by atoms with Gasteiger partial charge in [-0.1, -0.05) is 45.7 Å². The highest BCUT2D eigenvalue weighted by molar-refractivity contribution is 9.10. The molecule has 1 N–H and O–H groups in total. The van der Waals surface area contributed by atoms with Crippen molar-refractivity contribution in [3.05, 3.63) is 68.9 Å². The highest BCUT2D eigenvalue weighted by atomic mass is 79.9. The van der Waals surface area contributed by atoms with E-state index in [9.17, 15) is 4.39 Å². The molecule has 4 heteroatoms. The van der Waals surface area contributed by atoms with Crippen LogP contribution in [0, 0.1) is 5.82 Å². The van der Waals surface area contributed by atoms with Gasteiger partial charge >= 0.3 is 0 Å². The molecule has 0 aliphatic heterocycles. The molecule has 2 aromatic rings. The van der Waals surface area contributed by atoms with Gasteiger partial charge in [-0.15, -0.1) is 0 Å².